The number of rotatable bonds is 4. The number of allylic oxidation sites excluding steroid dienone is 3. The van der Waals surface area contributed by atoms with Gasteiger partial charge in [0, 0.05) is 0 Å². The average molecular weight is 277 g/mol. The summed E-state index contributed by atoms with van der Waals surface area (Å²) >= 11 is 6.11. The Morgan fingerprint density at radius 3 is 2.42 bits per heavy atom. The van der Waals surface area contributed by atoms with E-state index >= 15 is 0 Å². The molecule has 0 fully saturated rings. The Bertz CT molecular complexity index is 519. The molecule has 1 aromatic rings. The third kappa shape index (κ3) is 4.56. The molecule has 0 spiro atoms. The standard InChI is InChI=1S/C16H21ClN2/c1-5-7-15(18)19-14(17)10-13(4)16-11(2)8-6-9-12(16)3/h6-10H,5,18H2,1-4H3/b13-10+,15-7+,19-14+. The quantitative estimate of drug-likeness (QED) is 0.805. The first kappa shape index (κ1) is 15.5. The van der Waals surface area contributed by atoms with Crippen LogP contribution < -0.4 is 5.73 Å². The molecule has 0 unspecified atom stereocenters. The normalized spacial score (nSPS) is 13.8. The van der Waals surface area contributed by atoms with E-state index in [0.29, 0.717) is 11.0 Å². The minimum absolute atomic E-state index is 0.405. The van der Waals surface area contributed by atoms with Crippen molar-refractivity contribution in [2.45, 2.75) is 34.1 Å². The van der Waals surface area contributed by atoms with Crippen molar-refractivity contribution in [3.63, 3.8) is 0 Å². The molecule has 0 radical (unpaired) electrons. The van der Waals surface area contributed by atoms with E-state index in [2.05, 4.69) is 37.0 Å². The molecule has 0 aromatic heterocycles. The van der Waals surface area contributed by atoms with Gasteiger partial charge in [0.15, 0.2) is 0 Å². The second-order valence-electron chi connectivity index (χ2n) is 4.57. The maximum atomic E-state index is 6.11. The summed E-state index contributed by atoms with van der Waals surface area (Å²) in [7, 11) is 0. The first-order chi connectivity index (χ1) is 8.95. The number of hydrogen-bond acceptors (Lipinski definition) is 2. The maximum absolute atomic E-state index is 6.11. The lowest BCUT2D eigenvalue weighted by Gasteiger charge is -2.09. The van der Waals surface area contributed by atoms with Crippen LogP contribution in [0.1, 0.15) is 37.0 Å². The lowest BCUT2D eigenvalue weighted by atomic mass is 9.97. The monoisotopic (exact) mass is 276 g/mol. The topological polar surface area (TPSA) is 38.4 Å². The van der Waals surface area contributed by atoms with Crippen LogP contribution in [-0.4, -0.2) is 5.17 Å². The van der Waals surface area contributed by atoms with Crippen LogP contribution in [0, 0.1) is 13.8 Å². The van der Waals surface area contributed by atoms with Gasteiger partial charge in [-0.25, -0.2) is 4.99 Å². The molecule has 2 N–H and O–H groups in total. The van der Waals surface area contributed by atoms with Gasteiger partial charge in [-0.1, -0.05) is 36.7 Å². The summed E-state index contributed by atoms with van der Waals surface area (Å²) in [5.74, 6) is 0.457. The zero-order valence-electron chi connectivity index (χ0n) is 12.0. The number of benzene rings is 1. The number of aliphatic imine (C=N–C) groups is 1. The molecule has 0 bridgehead atoms. The van der Waals surface area contributed by atoms with Crippen molar-refractivity contribution in [1.29, 1.82) is 0 Å². The van der Waals surface area contributed by atoms with Gasteiger partial charge in [0.2, 0.25) is 0 Å². The fourth-order valence-corrected chi connectivity index (χ4v) is 2.36. The summed E-state index contributed by atoms with van der Waals surface area (Å²) in [4.78, 5) is 4.14. The molecule has 0 saturated heterocycles. The maximum Gasteiger partial charge on any atom is 0.131 e. The Labute approximate surface area is 120 Å². The molecule has 0 aliphatic carbocycles. The highest BCUT2D eigenvalue weighted by atomic mass is 35.5. The average Bonchev–Trinajstić information content (AvgIpc) is 2.28. The van der Waals surface area contributed by atoms with E-state index in [-0.39, 0.29) is 0 Å². The van der Waals surface area contributed by atoms with Crippen LogP contribution in [-0.2, 0) is 0 Å². The van der Waals surface area contributed by atoms with Crippen molar-refractivity contribution in [2.24, 2.45) is 10.7 Å². The van der Waals surface area contributed by atoms with Crippen LogP contribution in [0.5, 0.6) is 0 Å². The third-order valence-electron chi connectivity index (χ3n) is 2.86. The molecule has 102 valence electrons. The molecule has 1 rings (SSSR count). The molecule has 0 atom stereocenters. The van der Waals surface area contributed by atoms with Crippen molar-refractivity contribution < 1.29 is 0 Å². The summed E-state index contributed by atoms with van der Waals surface area (Å²) in [6, 6.07) is 6.24. The van der Waals surface area contributed by atoms with Gasteiger partial charge in [0.25, 0.3) is 0 Å². The number of nitrogens with two attached hydrogens (primary N) is 1. The number of aryl methyl sites for hydroxylation is 2. The van der Waals surface area contributed by atoms with E-state index in [4.69, 9.17) is 17.3 Å². The van der Waals surface area contributed by atoms with Crippen LogP contribution in [0.15, 0.2) is 41.2 Å². The summed E-state index contributed by atoms with van der Waals surface area (Å²) in [5, 5.41) is 0.405. The Morgan fingerprint density at radius 2 is 1.89 bits per heavy atom. The predicted octanol–water partition coefficient (Wildman–Crippen LogP) is 4.55. The molecule has 0 heterocycles. The van der Waals surface area contributed by atoms with Crippen LogP contribution in [0.4, 0.5) is 0 Å². The summed E-state index contributed by atoms with van der Waals surface area (Å²) in [6.45, 7) is 8.23. The number of hydrogen-bond donors (Lipinski definition) is 1. The highest BCUT2D eigenvalue weighted by Gasteiger charge is 2.04. The zero-order valence-corrected chi connectivity index (χ0v) is 12.8. The molecule has 0 saturated carbocycles. The van der Waals surface area contributed by atoms with Gasteiger partial charge in [-0.05, 0) is 61.6 Å². The molecule has 1 aromatic carbocycles. The minimum Gasteiger partial charge on any atom is -0.384 e. The van der Waals surface area contributed by atoms with Crippen LogP contribution in [0.2, 0.25) is 0 Å². The van der Waals surface area contributed by atoms with Gasteiger partial charge in [-0.2, -0.15) is 0 Å². The summed E-state index contributed by atoms with van der Waals surface area (Å²) in [5.41, 5.74) is 10.5. The highest BCUT2D eigenvalue weighted by molar-refractivity contribution is 6.69. The van der Waals surface area contributed by atoms with Gasteiger partial charge in [0.05, 0.1) is 0 Å². The van der Waals surface area contributed by atoms with Crippen LogP contribution in [0.25, 0.3) is 5.57 Å². The Morgan fingerprint density at radius 1 is 1.32 bits per heavy atom. The van der Waals surface area contributed by atoms with Gasteiger partial charge in [0.1, 0.15) is 11.0 Å². The Kier molecular flexibility index (Phi) is 5.84. The van der Waals surface area contributed by atoms with Gasteiger partial charge in [-0.3, -0.25) is 0 Å². The SMILES string of the molecule is CC/C=C(N)/N=C(Cl)\C=C(/C)c1c(C)cccc1C. The fraction of sp³-hybridized carbons (Fsp3) is 0.312. The lowest BCUT2D eigenvalue weighted by Crippen LogP contribution is -1.97. The van der Waals surface area contributed by atoms with Crippen LogP contribution >= 0.6 is 11.6 Å². The molecular formula is C16H21ClN2. The Balaban J connectivity index is 3.09. The van der Waals surface area contributed by atoms with E-state index in [1.165, 1.54) is 16.7 Å². The van der Waals surface area contributed by atoms with E-state index < -0.39 is 0 Å². The second-order valence-corrected chi connectivity index (χ2v) is 4.95. The van der Waals surface area contributed by atoms with Crippen molar-refractivity contribution in [3.8, 4) is 0 Å². The van der Waals surface area contributed by atoms with Gasteiger partial charge >= 0.3 is 0 Å². The Hall–Kier alpha value is -1.54. The molecule has 2 nitrogen and oxygen atoms in total. The van der Waals surface area contributed by atoms with Gasteiger partial charge in [-0.15, -0.1) is 0 Å². The fourth-order valence-electron chi connectivity index (χ4n) is 2.10. The summed E-state index contributed by atoms with van der Waals surface area (Å²) in [6.07, 6.45) is 4.54. The van der Waals surface area contributed by atoms with Gasteiger partial charge < -0.3 is 5.73 Å². The molecule has 0 aliphatic heterocycles. The van der Waals surface area contributed by atoms with E-state index in [1.807, 2.05) is 26.0 Å². The lowest BCUT2D eigenvalue weighted by molar-refractivity contribution is 1.13. The van der Waals surface area contributed by atoms with Crippen molar-refractivity contribution in [3.05, 3.63) is 52.9 Å². The number of nitrogens with zero attached hydrogens (tertiary/aromatic N) is 1. The molecule has 3 heteroatoms. The molecule has 19 heavy (non-hydrogen) atoms. The minimum atomic E-state index is 0.405. The predicted molar refractivity (Wildman–Crippen MR) is 85.4 cm³/mol. The van der Waals surface area contributed by atoms with Crippen molar-refractivity contribution in [2.75, 3.05) is 0 Å². The smallest absolute Gasteiger partial charge is 0.131 e. The first-order valence-corrected chi connectivity index (χ1v) is 6.78. The molecular weight excluding hydrogens is 256 g/mol. The van der Waals surface area contributed by atoms with Crippen molar-refractivity contribution in [1.82, 2.24) is 0 Å². The molecule has 0 amide bonds. The highest BCUT2D eigenvalue weighted by Crippen LogP contribution is 2.22. The third-order valence-corrected chi connectivity index (χ3v) is 3.05. The second kappa shape index (κ2) is 7.15. The summed E-state index contributed by atoms with van der Waals surface area (Å²) < 4.78 is 0. The number of halogens is 1. The van der Waals surface area contributed by atoms with E-state index in [1.54, 1.807) is 0 Å². The van der Waals surface area contributed by atoms with Crippen LogP contribution in [0.3, 0.4) is 0 Å². The van der Waals surface area contributed by atoms with E-state index in [0.717, 1.165) is 12.0 Å². The first-order valence-electron chi connectivity index (χ1n) is 6.40. The largest absolute Gasteiger partial charge is 0.384 e. The van der Waals surface area contributed by atoms with Crippen molar-refractivity contribution >= 4 is 22.3 Å². The zero-order chi connectivity index (χ0) is 14.4. The van der Waals surface area contributed by atoms with E-state index in [9.17, 15) is 0 Å². The molecule has 0 aliphatic rings.